The van der Waals surface area contributed by atoms with Gasteiger partial charge in [0.25, 0.3) is 0 Å². The lowest BCUT2D eigenvalue weighted by atomic mass is 10.2. The molecule has 0 amide bonds. The quantitative estimate of drug-likeness (QED) is 0.682. The molecule has 76 valence electrons. The Morgan fingerprint density at radius 2 is 1.79 bits per heavy atom. The van der Waals surface area contributed by atoms with E-state index in [9.17, 15) is 0 Å². The number of benzene rings is 1. The molecule has 0 heterocycles. The molecule has 2 heteroatoms. The second kappa shape index (κ2) is 5.32. The zero-order chi connectivity index (χ0) is 10.4. The van der Waals surface area contributed by atoms with Crippen LogP contribution in [-0.4, -0.2) is 7.11 Å². The SMILES string of the molecule is COc1ccccc1OC=CC(C)C. The lowest BCUT2D eigenvalue weighted by molar-refractivity contribution is 0.377. The van der Waals surface area contributed by atoms with Crippen LogP contribution < -0.4 is 9.47 Å². The van der Waals surface area contributed by atoms with E-state index in [0.29, 0.717) is 5.92 Å². The van der Waals surface area contributed by atoms with Crippen molar-refractivity contribution in [1.29, 1.82) is 0 Å². The molecule has 0 radical (unpaired) electrons. The second-order valence-electron chi connectivity index (χ2n) is 3.34. The Kier molecular flexibility index (Phi) is 4.05. The van der Waals surface area contributed by atoms with Crippen LogP contribution in [0.2, 0.25) is 0 Å². The summed E-state index contributed by atoms with van der Waals surface area (Å²) in [5, 5.41) is 0. The molecule has 1 rings (SSSR count). The minimum atomic E-state index is 0.490. The standard InChI is InChI=1S/C12H16O2/c1-10(2)8-9-14-12-7-5-4-6-11(12)13-3/h4-10H,1-3H3. The third-order valence-corrected chi connectivity index (χ3v) is 1.73. The first kappa shape index (κ1) is 10.6. The van der Waals surface area contributed by atoms with E-state index in [4.69, 9.17) is 9.47 Å². The molecule has 0 aliphatic carbocycles. The van der Waals surface area contributed by atoms with Gasteiger partial charge in [-0.15, -0.1) is 0 Å². The van der Waals surface area contributed by atoms with Crippen LogP contribution in [0.15, 0.2) is 36.6 Å². The molecule has 0 spiro atoms. The van der Waals surface area contributed by atoms with Crippen molar-refractivity contribution < 1.29 is 9.47 Å². The summed E-state index contributed by atoms with van der Waals surface area (Å²) in [6.45, 7) is 4.20. The van der Waals surface area contributed by atoms with Gasteiger partial charge in [0.15, 0.2) is 11.5 Å². The van der Waals surface area contributed by atoms with Crippen molar-refractivity contribution in [2.75, 3.05) is 7.11 Å². The van der Waals surface area contributed by atoms with Gasteiger partial charge in [-0.1, -0.05) is 26.0 Å². The number of hydrogen-bond donors (Lipinski definition) is 0. The van der Waals surface area contributed by atoms with Crippen molar-refractivity contribution in [3.8, 4) is 11.5 Å². The molecule has 0 aliphatic rings. The van der Waals surface area contributed by atoms with Gasteiger partial charge < -0.3 is 9.47 Å². The second-order valence-corrected chi connectivity index (χ2v) is 3.34. The topological polar surface area (TPSA) is 18.5 Å². The van der Waals surface area contributed by atoms with Crippen LogP contribution >= 0.6 is 0 Å². The predicted molar refractivity (Wildman–Crippen MR) is 57.6 cm³/mol. The zero-order valence-electron chi connectivity index (χ0n) is 8.86. The molecule has 0 atom stereocenters. The third-order valence-electron chi connectivity index (χ3n) is 1.73. The molecule has 14 heavy (non-hydrogen) atoms. The Morgan fingerprint density at radius 3 is 2.36 bits per heavy atom. The first-order chi connectivity index (χ1) is 6.74. The molecule has 0 unspecified atom stereocenters. The summed E-state index contributed by atoms with van der Waals surface area (Å²) in [7, 11) is 1.63. The molecular formula is C12H16O2. The number of ether oxygens (including phenoxy) is 2. The fraction of sp³-hybridized carbons (Fsp3) is 0.333. The fourth-order valence-corrected chi connectivity index (χ4v) is 0.986. The van der Waals surface area contributed by atoms with Crippen LogP contribution in [0.1, 0.15) is 13.8 Å². The molecule has 0 fully saturated rings. The maximum absolute atomic E-state index is 5.43. The highest BCUT2D eigenvalue weighted by Crippen LogP contribution is 2.25. The summed E-state index contributed by atoms with van der Waals surface area (Å²) in [5.41, 5.74) is 0. The molecule has 0 N–H and O–H groups in total. The van der Waals surface area contributed by atoms with E-state index >= 15 is 0 Å². The smallest absolute Gasteiger partial charge is 0.168 e. The summed E-state index contributed by atoms with van der Waals surface area (Å²) in [6.07, 6.45) is 3.69. The first-order valence-electron chi connectivity index (χ1n) is 4.70. The predicted octanol–water partition coefficient (Wildman–Crippen LogP) is 3.24. The Hall–Kier alpha value is -1.44. The van der Waals surface area contributed by atoms with E-state index in [1.54, 1.807) is 13.4 Å². The van der Waals surface area contributed by atoms with Crippen LogP contribution in [0.5, 0.6) is 11.5 Å². The Morgan fingerprint density at radius 1 is 1.14 bits per heavy atom. The van der Waals surface area contributed by atoms with Gasteiger partial charge in [-0.3, -0.25) is 0 Å². The summed E-state index contributed by atoms with van der Waals surface area (Å²) in [6, 6.07) is 7.58. The van der Waals surface area contributed by atoms with E-state index in [2.05, 4.69) is 13.8 Å². The number of rotatable bonds is 4. The Labute approximate surface area is 85.2 Å². The van der Waals surface area contributed by atoms with Crippen molar-refractivity contribution in [2.45, 2.75) is 13.8 Å². The summed E-state index contributed by atoms with van der Waals surface area (Å²) in [4.78, 5) is 0. The van der Waals surface area contributed by atoms with Crippen LogP contribution in [-0.2, 0) is 0 Å². The van der Waals surface area contributed by atoms with Crippen molar-refractivity contribution in [3.05, 3.63) is 36.6 Å². The molecule has 1 aromatic rings. The highest BCUT2D eigenvalue weighted by atomic mass is 16.5. The van der Waals surface area contributed by atoms with Gasteiger partial charge in [-0.25, -0.2) is 0 Å². The molecule has 2 nitrogen and oxygen atoms in total. The average Bonchev–Trinajstić information content (AvgIpc) is 2.18. The number of para-hydroxylation sites is 2. The van der Waals surface area contributed by atoms with E-state index in [1.165, 1.54) is 0 Å². The van der Waals surface area contributed by atoms with E-state index in [-0.39, 0.29) is 0 Å². The van der Waals surface area contributed by atoms with Gasteiger partial charge >= 0.3 is 0 Å². The van der Waals surface area contributed by atoms with Crippen LogP contribution in [0.25, 0.3) is 0 Å². The fourth-order valence-electron chi connectivity index (χ4n) is 0.986. The maximum Gasteiger partial charge on any atom is 0.168 e. The highest BCUT2D eigenvalue weighted by Gasteiger charge is 1.99. The number of methoxy groups -OCH3 is 1. The average molecular weight is 192 g/mol. The molecule has 0 saturated heterocycles. The Bertz CT molecular complexity index is 303. The van der Waals surface area contributed by atoms with Crippen LogP contribution in [0, 0.1) is 5.92 Å². The highest BCUT2D eigenvalue weighted by molar-refractivity contribution is 5.39. The summed E-state index contributed by atoms with van der Waals surface area (Å²) in [5.74, 6) is 1.98. The van der Waals surface area contributed by atoms with Crippen molar-refractivity contribution in [2.24, 2.45) is 5.92 Å². The van der Waals surface area contributed by atoms with Crippen molar-refractivity contribution in [3.63, 3.8) is 0 Å². The van der Waals surface area contributed by atoms with Crippen LogP contribution in [0.4, 0.5) is 0 Å². The van der Waals surface area contributed by atoms with Gasteiger partial charge in [0, 0.05) is 0 Å². The lowest BCUT2D eigenvalue weighted by Gasteiger charge is -2.06. The third kappa shape index (κ3) is 3.13. The van der Waals surface area contributed by atoms with Crippen molar-refractivity contribution >= 4 is 0 Å². The molecule has 0 saturated carbocycles. The molecule has 0 bridgehead atoms. The van der Waals surface area contributed by atoms with Gasteiger partial charge in [-0.2, -0.15) is 0 Å². The zero-order valence-corrected chi connectivity index (χ0v) is 8.86. The molecule has 0 aliphatic heterocycles. The van der Waals surface area contributed by atoms with E-state index in [0.717, 1.165) is 11.5 Å². The number of allylic oxidation sites excluding steroid dienone is 1. The van der Waals surface area contributed by atoms with E-state index in [1.807, 2.05) is 30.3 Å². The van der Waals surface area contributed by atoms with Crippen LogP contribution in [0.3, 0.4) is 0 Å². The number of hydrogen-bond acceptors (Lipinski definition) is 2. The monoisotopic (exact) mass is 192 g/mol. The summed E-state index contributed by atoms with van der Waals surface area (Å²) >= 11 is 0. The van der Waals surface area contributed by atoms with Gasteiger partial charge in [-0.05, 0) is 24.1 Å². The normalized spacial score (nSPS) is 10.9. The van der Waals surface area contributed by atoms with Crippen molar-refractivity contribution in [1.82, 2.24) is 0 Å². The molecule has 1 aromatic carbocycles. The lowest BCUT2D eigenvalue weighted by Crippen LogP contribution is -1.89. The maximum atomic E-state index is 5.43. The van der Waals surface area contributed by atoms with Gasteiger partial charge in [0.2, 0.25) is 0 Å². The molecule has 0 aromatic heterocycles. The van der Waals surface area contributed by atoms with E-state index < -0.39 is 0 Å². The molecular weight excluding hydrogens is 176 g/mol. The minimum Gasteiger partial charge on any atom is -0.493 e. The minimum absolute atomic E-state index is 0.490. The van der Waals surface area contributed by atoms with Gasteiger partial charge in [0.05, 0.1) is 13.4 Å². The summed E-state index contributed by atoms with van der Waals surface area (Å²) < 4.78 is 10.6. The largest absolute Gasteiger partial charge is 0.493 e. The van der Waals surface area contributed by atoms with Gasteiger partial charge in [0.1, 0.15) is 0 Å². The Balaban J connectivity index is 2.66. The first-order valence-corrected chi connectivity index (χ1v) is 4.70.